The lowest BCUT2D eigenvalue weighted by molar-refractivity contribution is -0.192. The van der Waals surface area contributed by atoms with Crippen molar-refractivity contribution >= 4 is 5.97 Å². The molecule has 0 bridgehead atoms. The summed E-state index contributed by atoms with van der Waals surface area (Å²) in [6.45, 7) is 12.0. The Kier molecular flexibility index (Phi) is 5.10. The Morgan fingerprint density at radius 1 is 1.43 bits per heavy atom. The standard InChI is InChI=1S/C20H32O3/c1-7-14(4)18(21)23-17-12-15(5)19(6)11-9-8-10-16(19)20(17,22)13(2)3/h7,12-13,16-17,22H,8-11H2,1-6H3/b14-7-/t16-,17-,19+,20-/m1/s1. The van der Waals surface area contributed by atoms with Gasteiger partial charge in [-0.1, -0.05) is 45.3 Å². The molecule has 2 rings (SSSR count). The van der Waals surface area contributed by atoms with Crippen molar-refractivity contribution in [3.05, 3.63) is 23.3 Å². The SMILES string of the molecule is C/C=C(/C)C(=O)O[C@@H]1C=C(C)[C@]2(C)CCCC[C@H]2[C@]1(O)C(C)C. The van der Waals surface area contributed by atoms with Crippen LogP contribution >= 0.6 is 0 Å². The lowest BCUT2D eigenvalue weighted by Crippen LogP contribution is -2.62. The molecule has 0 aromatic carbocycles. The quantitative estimate of drug-likeness (QED) is 0.476. The highest BCUT2D eigenvalue weighted by atomic mass is 16.6. The molecule has 0 aromatic rings. The molecule has 3 heteroatoms. The Hall–Kier alpha value is -1.09. The second-order valence-electron chi connectivity index (χ2n) is 7.91. The van der Waals surface area contributed by atoms with Crippen LogP contribution in [0, 0.1) is 17.3 Å². The molecular formula is C20H32O3. The Bertz CT molecular complexity index is 531. The molecule has 130 valence electrons. The number of aliphatic hydroxyl groups is 1. The second kappa shape index (κ2) is 6.43. The van der Waals surface area contributed by atoms with E-state index in [4.69, 9.17) is 4.74 Å². The van der Waals surface area contributed by atoms with E-state index in [1.807, 2.05) is 26.8 Å². The van der Waals surface area contributed by atoms with Gasteiger partial charge in [0.15, 0.2) is 0 Å². The van der Waals surface area contributed by atoms with Crippen molar-refractivity contribution in [1.29, 1.82) is 0 Å². The first-order chi connectivity index (χ1) is 10.7. The predicted octanol–water partition coefficient (Wildman–Crippen LogP) is 4.41. The third kappa shape index (κ3) is 2.88. The van der Waals surface area contributed by atoms with Crippen molar-refractivity contribution in [2.75, 3.05) is 0 Å². The Morgan fingerprint density at radius 3 is 2.65 bits per heavy atom. The number of hydrogen-bond acceptors (Lipinski definition) is 3. The minimum absolute atomic E-state index is 0.00974. The Morgan fingerprint density at radius 2 is 2.09 bits per heavy atom. The van der Waals surface area contributed by atoms with Crippen LogP contribution in [0.2, 0.25) is 0 Å². The Labute approximate surface area is 140 Å². The molecule has 1 fully saturated rings. The summed E-state index contributed by atoms with van der Waals surface area (Å²) in [5.41, 5.74) is 0.844. The number of hydrogen-bond donors (Lipinski definition) is 1. The maximum absolute atomic E-state index is 12.3. The van der Waals surface area contributed by atoms with Gasteiger partial charge in [-0.05, 0) is 51.0 Å². The molecule has 0 aromatic heterocycles. The zero-order valence-electron chi connectivity index (χ0n) is 15.5. The molecule has 0 spiro atoms. The summed E-state index contributed by atoms with van der Waals surface area (Å²) in [6, 6.07) is 0. The largest absolute Gasteiger partial charge is 0.452 e. The van der Waals surface area contributed by atoms with Crippen LogP contribution in [0.1, 0.15) is 67.2 Å². The van der Waals surface area contributed by atoms with E-state index in [-0.39, 0.29) is 23.2 Å². The maximum Gasteiger partial charge on any atom is 0.334 e. The molecule has 0 radical (unpaired) electrons. The maximum atomic E-state index is 12.3. The molecule has 0 saturated heterocycles. The van der Waals surface area contributed by atoms with Crippen LogP contribution in [0.4, 0.5) is 0 Å². The fraction of sp³-hybridized carbons (Fsp3) is 0.750. The predicted molar refractivity (Wildman–Crippen MR) is 92.9 cm³/mol. The molecule has 2 aliphatic carbocycles. The smallest absolute Gasteiger partial charge is 0.334 e. The van der Waals surface area contributed by atoms with Gasteiger partial charge in [0.2, 0.25) is 0 Å². The van der Waals surface area contributed by atoms with Gasteiger partial charge in [0.05, 0.1) is 0 Å². The summed E-state index contributed by atoms with van der Waals surface area (Å²) in [5, 5.41) is 11.6. The molecule has 3 nitrogen and oxygen atoms in total. The minimum atomic E-state index is -1.00. The van der Waals surface area contributed by atoms with Crippen LogP contribution in [0.15, 0.2) is 23.3 Å². The van der Waals surface area contributed by atoms with E-state index >= 15 is 0 Å². The summed E-state index contributed by atoms with van der Waals surface area (Å²) in [5.74, 6) is -0.171. The van der Waals surface area contributed by atoms with Gasteiger partial charge in [-0.25, -0.2) is 4.79 Å². The summed E-state index contributed by atoms with van der Waals surface area (Å²) < 4.78 is 5.75. The van der Waals surface area contributed by atoms with Gasteiger partial charge in [-0.2, -0.15) is 0 Å². The number of esters is 1. The van der Waals surface area contributed by atoms with Crippen LogP contribution in [-0.4, -0.2) is 22.8 Å². The highest BCUT2D eigenvalue weighted by molar-refractivity contribution is 5.87. The van der Waals surface area contributed by atoms with E-state index in [2.05, 4.69) is 13.8 Å². The van der Waals surface area contributed by atoms with E-state index in [0.29, 0.717) is 5.57 Å². The van der Waals surface area contributed by atoms with E-state index in [1.54, 1.807) is 13.0 Å². The van der Waals surface area contributed by atoms with Crippen molar-refractivity contribution < 1.29 is 14.6 Å². The van der Waals surface area contributed by atoms with Crippen molar-refractivity contribution in [2.45, 2.75) is 78.9 Å². The highest BCUT2D eigenvalue weighted by Crippen LogP contribution is 2.57. The van der Waals surface area contributed by atoms with Crippen LogP contribution in [-0.2, 0) is 9.53 Å². The molecule has 0 aliphatic heterocycles. The fourth-order valence-electron chi connectivity index (χ4n) is 4.48. The molecule has 0 amide bonds. The molecular weight excluding hydrogens is 288 g/mol. The average molecular weight is 320 g/mol. The van der Waals surface area contributed by atoms with Crippen molar-refractivity contribution in [3.8, 4) is 0 Å². The lowest BCUT2D eigenvalue weighted by atomic mass is 9.52. The van der Waals surface area contributed by atoms with E-state index in [1.165, 1.54) is 12.0 Å². The molecule has 4 atom stereocenters. The van der Waals surface area contributed by atoms with E-state index in [0.717, 1.165) is 19.3 Å². The number of allylic oxidation sites excluding steroid dienone is 2. The van der Waals surface area contributed by atoms with Crippen LogP contribution in [0.25, 0.3) is 0 Å². The number of rotatable bonds is 3. The van der Waals surface area contributed by atoms with Gasteiger partial charge in [-0.15, -0.1) is 0 Å². The lowest BCUT2D eigenvalue weighted by Gasteiger charge is -2.57. The van der Waals surface area contributed by atoms with Gasteiger partial charge >= 0.3 is 5.97 Å². The molecule has 0 unspecified atom stereocenters. The molecule has 1 saturated carbocycles. The summed E-state index contributed by atoms with van der Waals surface area (Å²) in [6.07, 6.45) is 7.62. The van der Waals surface area contributed by atoms with Gasteiger partial charge in [0.1, 0.15) is 11.7 Å². The van der Waals surface area contributed by atoms with Crippen LogP contribution < -0.4 is 0 Å². The van der Waals surface area contributed by atoms with Crippen LogP contribution in [0.5, 0.6) is 0 Å². The summed E-state index contributed by atoms with van der Waals surface area (Å²) >= 11 is 0. The van der Waals surface area contributed by atoms with Crippen molar-refractivity contribution in [3.63, 3.8) is 0 Å². The number of fused-ring (bicyclic) bond motifs is 1. The number of carbonyl (C=O) groups is 1. The number of ether oxygens (including phenoxy) is 1. The first-order valence-electron chi connectivity index (χ1n) is 8.93. The third-order valence-electron chi connectivity index (χ3n) is 6.44. The molecule has 2 aliphatic rings. The van der Waals surface area contributed by atoms with Gasteiger partial charge < -0.3 is 9.84 Å². The van der Waals surface area contributed by atoms with Gasteiger partial charge in [0.25, 0.3) is 0 Å². The normalized spacial score (nSPS) is 38.1. The monoisotopic (exact) mass is 320 g/mol. The zero-order chi connectivity index (χ0) is 17.4. The highest BCUT2D eigenvalue weighted by Gasteiger charge is 2.58. The zero-order valence-corrected chi connectivity index (χ0v) is 15.5. The van der Waals surface area contributed by atoms with Gasteiger partial charge in [-0.3, -0.25) is 0 Å². The Balaban J connectivity index is 2.45. The van der Waals surface area contributed by atoms with Crippen LogP contribution in [0.3, 0.4) is 0 Å². The van der Waals surface area contributed by atoms with Gasteiger partial charge in [0, 0.05) is 11.5 Å². The van der Waals surface area contributed by atoms with E-state index in [9.17, 15) is 9.90 Å². The first-order valence-corrected chi connectivity index (χ1v) is 8.93. The van der Waals surface area contributed by atoms with Crippen molar-refractivity contribution in [2.24, 2.45) is 17.3 Å². The average Bonchev–Trinajstić information content (AvgIpc) is 2.51. The molecule has 0 heterocycles. The fourth-order valence-corrected chi connectivity index (χ4v) is 4.48. The third-order valence-corrected chi connectivity index (χ3v) is 6.44. The minimum Gasteiger partial charge on any atom is -0.452 e. The molecule has 23 heavy (non-hydrogen) atoms. The summed E-state index contributed by atoms with van der Waals surface area (Å²) in [7, 11) is 0. The number of carbonyl (C=O) groups excluding carboxylic acids is 1. The summed E-state index contributed by atoms with van der Waals surface area (Å²) in [4.78, 5) is 12.3. The second-order valence-corrected chi connectivity index (χ2v) is 7.91. The van der Waals surface area contributed by atoms with E-state index < -0.39 is 11.7 Å². The molecule has 1 N–H and O–H groups in total. The first kappa shape index (κ1) is 18.3. The van der Waals surface area contributed by atoms with Crippen molar-refractivity contribution in [1.82, 2.24) is 0 Å². The topological polar surface area (TPSA) is 46.5 Å².